The molecule has 9 heteroatoms. The Morgan fingerprint density at radius 1 is 1.29 bits per heavy atom. The molecular formula is C15H25Cl2N3O4. The first-order valence-corrected chi connectivity index (χ1v) is 7.78. The molecule has 1 amide bonds. The minimum Gasteiger partial charge on any atom is -0.467 e. The number of nitrogens with one attached hydrogen (secondary N) is 1. The molecule has 0 aliphatic carbocycles. The van der Waals surface area contributed by atoms with Crippen LogP contribution in [-0.2, 0) is 11.3 Å². The number of amides is 1. The van der Waals surface area contributed by atoms with Crippen molar-refractivity contribution in [2.24, 2.45) is 0 Å². The smallest absolute Gasteiger partial charge is 0.257 e. The first-order valence-electron chi connectivity index (χ1n) is 7.78. The second kappa shape index (κ2) is 10.2. The highest BCUT2D eigenvalue weighted by Gasteiger charge is 2.23. The molecule has 0 saturated carbocycles. The van der Waals surface area contributed by atoms with Gasteiger partial charge in [-0.3, -0.25) is 9.69 Å². The van der Waals surface area contributed by atoms with Crippen LogP contribution in [0.5, 0.6) is 0 Å². The molecule has 1 aromatic heterocycles. The highest BCUT2D eigenvalue weighted by atomic mass is 35.5. The molecule has 2 fully saturated rings. The van der Waals surface area contributed by atoms with Gasteiger partial charge in [-0.25, -0.2) is 0 Å². The summed E-state index contributed by atoms with van der Waals surface area (Å²) < 4.78 is 10.8. The molecule has 1 atom stereocenters. The summed E-state index contributed by atoms with van der Waals surface area (Å²) in [4.78, 5) is 16.4. The molecule has 2 N–H and O–H groups in total. The summed E-state index contributed by atoms with van der Waals surface area (Å²) in [7, 11) is 0. The van der Waals surface area contributed by atoms with Crippen molar-refractivity contribution in [3.8, 4) is 0 Å². The predicted octanol–water partition coefficient (Wildman–Crippen LogP) is 0.362. The van der Waals surface area contributed by atoms with Gasteiger partial charge in [-0.05, 0) is 6.07 Å². The van der Waals surface area contributed by atoms with Crippen LogP contribution in [0.2, 0.25) is 0 Å². The second-order valence-electron chi connectivity index (χ2n) is 5.80. The third-order valence-electron chi connectivity index (χ3n) is 4.04. The van der Waals surface area contributed by atoms with Crippen molar-refractivity contribution in [1.29, 1.82) is 0 Å². The first kappa shape index (κ1) is 21.2. The van der Waals surface area contributed by atoms with Crippen molar-refractivity contribution in [2.45, 2.75) is 12.6 Å². The van der Waals surface area contributed by atoms with Crippen LogP contribution < -0.4 is 5.32 Å². The summed E-state index contributed by atoms with van der Waals surface area (Å²) in [5.74, 6) is 0.707. The van der Waals surface area contributed by atoms with Gasteiger partial charge in [0, 0.05) is 39.3 Å². The van der Waals surface area contributed by atoms with Crippen molar-refractivity contribution in [1.82, 2.24) is 15.1 Å². The van der Waals surface area contributed by atoms with Crippen molar-refractivity contribution in [3.63, 3.8) is 0 Å². The summed E-state index contributed by atoms with van der Waals surface area (Å²) in [6, 6.07) is 1.81. The number of carbonyl (C=O) groups excluding carboxylic acids is 1. The Bertz CT molecular complexity index is 509. The van der Waals surface area contributed by atoms with Gasteiger partial charge in [-0.1, -0.05) is 0 Å². The predicted molar refractivity (Wildman–Crippen MR) is 94.1 cm³/mol. The number of morpholine rings is 1. The second-order valence-corrected chi connectivity index (χ2v) is 5.80. The minimum absolute atomic E-state index is 0. The number of furan rings is 1. The Hall–Kier alpha value is -0.830. The van der Waals surface area contributed by atoms with Gasteiger partial charge in [-0.2, -0.15) is 0 Å². The van der Waals surface area contributed by atoms with Crippen molar-refractivity contribution < 1.29 is 19.1 Å². The molecule has 2 saturated heterocycles. The Morgan fingerprint density at radius 3 is 2.79 bits per heavy atom. The van der Waals surface area contributed by atoms with Gasteiger partial charge < -0.3 is 24.5 Å². The SMILES string of the molecule is Cl.Cl.O=C(c1coc(CN2CCOCC2)c1)N1CCNCC(O)C1. The molecule has 1 aromatic rings. The number of carbonyl (C=O) groups is 1. The fourth-order valence-electron chi connectivity index (χ4n) is 2.82. The monoisotopic (exact) mass is 381 g/mol. The van der Waals surface area contributed by atoms with Crippen LogP contribution in [0, 0.1) is 0 Å². The summed E-state index contributed by atoms with van der Waals surface area (Å²) in [6.07, 6.45) is 0.995. The zero-order valence-corrected chi connectivity index (χ0v) is 15.1. The van der Waals surface area contributed by atoms with Gasteiger partial charge in [0.2, 0.25) is 0 Å². The zero-order chi connectivity index (χ0) is 15.4. The van der Waals surface area contributed by atoms with Gasteiger partial charge in [0.15, 0.2) is 0 Å². The molecule has 0 aromatic carbocycles. The van der Waals surface area contributed by atoms with E-state index in [9.17, 15) is 9.90 Å². The number of ether oxygens (including phenoxy) is 1. The summed E-state index contributed by atoms with van der Waals surface area (Å²) in [6.45, 7) is 6.12. The number of rotatable bonds is 3. The highest BCUT2D eigenvalue weighted by molar-refractivity contribution is 5.94. The van der Waals surface area contributed by atoms with Crippen molar-refractivity contribution in [2.75, 3.05) is 52.5 Å². The maximum atomic E-state index is 12.5. The Morgan fingerprint density at radius 2 is 2.04 bits per heavy atom. The molecule has 7 nitrogen and oxygen atoms in total. The van der Waals surface area contributed by atoms with E-state index in [1.165, 1.54) is 6.26 Å². The fourth-order valence-corrected chi connectivity index (χ4v) is 2.82. The number of hydrogen-bond donors (Lipinski definition) is 2. The molecule has 3 heterocycles. The van der Waals surface area contributed by atoms with E-state index in [-0.39, 0.29) is 30.7 Å². The van der Waals surface area contributed by atoms with Crippen LogP contribution in [0.25, 0.3) is 0 Å². The van der Waals surface area contributed by atoms with E-state index >= 15 is 0 Å². The van der Waals surface area contributed by atoms with Crippen LogP contribution in [0.1, 0.15) is 16.1 Å². The summed E-state index contributed by atoms with van der Waals surface area (Å²) in [5.41, 5.74) is 0.553. The van der Waals surface area contributed by atoms with Crippen molar-refractivity contribution in [3.05, 3.63) is 23.7 Å². The zero-order valence-electron chi connectivity index (χ0n) is 13.5. The molecule has 2 aliphatic rings. The van der Waals surface area contributed by atoms with E-state index in [4.69, 9.17) is 9.15 Å². The minimum atomic E-state index is -0.522. The third-order valence-corrected chi connectivity index (χ3v) is 4.04. The van der Waals surface area contributed by atoms with E-state index < -0.39 is 6.10 Å². The average molecular weight is 382 g/mol. The van der Waals surface area contributed by atoms with Crippen LogP contribution in [0.4, 0.5) is 0 Å². The number of hydrogen-bond acceptors (Lipinski definition) is 6. The molecule has 0 radical (unpaired) electrons. The lowest BCUT2D eigenvalue weighted by atomic mass is 10.2. The van der Waals surface area contributed by atoms with E-state index in [1.807, 2.05) is 6.07 Å². The van der Waals surface area contributed by atoms with Gasteiger partial charge in [0.25, 0.3) is 5.91 Å². The number of β-amino-alcohol motifs (C(OH)–C–C–N with tert-alkyl or cyclic N) is 1. The maximum absolute atomic E-state index is 12.5. The lowest BCUT2D eigenvalue weighted by molar-refractivity contribution is 0.0313. The molecular weight excluding hydrogens is 357 g/mol. The van der Waals surface area contributed by atoms with Gasteiger partial charge in [0.05, 0.1) is 31.4 Å². The fraction of sp³-hybridized carbons (Fsp3) is 0.667. The first-order chi connectivity index (χ1) is 10.7. The molecule has 2 aliphatic heterocycles. The largest absolute Gasteiger partial charge is 0.467 e. The van der Waals surface area contributed by atoms with Gasteiger partial charge in [-0.15, -0.1) is 24.8 Å². The third kappa shape index (κ3) is 5.61. The molecule has 138 valence electrons. The molecule has 0 bridgehead atoms. The Kier molecular flexibility index (Phi) is 9.04. The molecule has 1 unspecified atom stereocenters. The maximum Gasteiger partial charge on any atom is 0.257 e. The normalized spacial score (nSPS) is 22.2. The quantitative estimate of drug-likeness (QED) is 0.786. The van der Waals surface area contributed by atoms with Crippen LogP contribution >= 0.6 is 24.8 Å². The van der Waals surface area contributed by atoms with Crippen LogP contribution in [-0.4, -0.2) is 79.4 Å². The number of nitrogens with zero attached hydrogens (tertiary/aromatic N) is 2. The molecule has 24 heavy (non-hydrogen) atoms. The number of aliphatic hydroxyl groups excluding tert-OH is 1. The lowest BCUT2D eigenvalue weighted by Gasteiger charge is -2.25. The van der Waals surface area contributed by atoms with Gasteiger partial charge in [0.1, 0.15) is 12.0 Å². The number of aliphatic hydroxyl groups is 1. The van der Waals surface area contributed by atoms with Gasteiger partial charge >= 0.3 is 0 Å². The highest BCUT2D eigenvalue weighted by Crippen LogP contribution is 2.14. The van der Waals surface area contributed by atoms with E-state index in [1.54, 1.807) is 4.90 Å². The van der Waals surface area contributed by atoms with E-state index in [0.29, 0.717) is 38.3 Å². The summed E-state index contributed by atoms with van der Waals surface area (Å²) in [5, 5.41) is 12.9. The topological polar surface area (TPSA) is 78.2 Å². The molecule has 0 spiro atoms. The van der Waals surface area contributed by atoms with E-state index in [0.717, 1.165) is 32.1 Å². The summed E-state index contributed by atoms with van der Waals surface area (Å²) >= 11 is 0. The van der Waals surface area contributed by atoms with Crippen LogP contribution in [0.3, 0.4) is 0 Å². The van der Waals surface area contributed by atoms with Crippen LogP contribution in [0.15, 0.2) is 16.7 Å². The van der Waals surface area contributed by atoms with E-state index in [2.05, 4.69) is 10.2 Å². The average Bonchev–Trinajstić information content (AvgIpc) is 2.88. The lowest BCUT2D eigenvalue weighted by Crippen LogP contribution is -2.37. The Balaban J connectivity index is 0.00000144. The van der Waals surface area contributed by atoms with Crippen molar-refractivity contribution >= 4 is 30.7 Å². The standard InChI is InChI=1S/C15H23N3O4.2ClH/c19-13-8-16-1-2-18(9-13)15(20)12-7-14(22-11-12)10-17-3-5-21-6-4-17;;/h7,11,13,16,19H,1-6,8-10H2;2*1H. The molecule has 3 rings (SSSR count). The Labute approximate surface area is 154 Å². The number of halogens is 2.